The topological polar surface area (TPSA) is 70.5 Å². The molecule has 0 aliphatic carbocycles. The highest BCUT2D eigenvalue weighted by Gasteiger charge is 2.30. The molecule has 2 rings (SSSR count). The van der Waals surface area contributed by atoms with E-state index >= 15 is 0 Å². The number of carboxylic acids is 1. The maximum atomic E-state index is 12.4. The number of thioether (sulfide) groups is 1. The summed E-state index contributed by atoms with van der Waals surface area (Å²) in [4.78, 5) is 28.7. The van der Waals surface area contributed by atoms with E-state index in [0.717, 1.165) is 5.75 Å². The quantitative estimate of drug-likeness (QED) is 0.921. The molecule has 1 aromatic heterocycles. The molecule has 0 bridgehead atoms. The fourth-order valence-electron chi connectivity index (χ4n) is 1.98. The molecule has 5 nitrogen and oxygen atoms in total. The van der Waals surface area contributed by atoms with Gasteiger partial charge in [0.05, 0.1) is 23.0 Å². The van der Waals surface area contributed by atoms with Gasteiger partial charge in [-0.1, -0.05) is 11.6 Å². The van der Waals surface area contributed by atoms with Crippen LogP contribution in [0.4, 0.5) is 0 Å². The largest absolute Gasteiger partial charge is 0.481 e. The first-order valence-electron chi connectivity index (χ1n) is 5.79. The molecule has 0 saturated carbocycles. The third-order valence-corrected chi connectivity index (χ3v) is 4.32. The van der Waals surface area contributed by atoms with Gasteiger partial charge in [-0.15, -0.1) is 0 Å². The first kappa shape index (κ1) is 14.1. The summed E-state index contributed by atoms with van der Waals surface area (Å²) in [7, 11) is 0. The van der Waals surface area contributed by atoms with Crippen molar-refractivity contribution in [3.63, 3.8) is 0 Å². The number of rotatable bonds is 3. The molecule has 1 fully saturated rings. The summed E-state index contributed by atoms with van der Waals surface area (Å²) in [6, 6.07) is 1.26. The Labute approximate surface area is 120 Å². The van der Waals surface area contributed by atoms with E-state index in [4.69, 9.17) is 16.7 Å². The molecule has 102 valence electrons. The van der Waals surface area contributed by atoms with Gasteiger partial charge in [0.1, 0.15) is 0 Å². The van der Waals surface area contributed by atoms with E-state index in [1.807, 2.05) is 0 Å². The van der Waals surface area contributed by atoms with Crippen molar-refractivity contribution in [1.82, 2.24) is 9.88 Å². The summed E-state index contributed by atoms with van der Waals surface area (Å²) in [5.41, 5.74) is 0.325. The fourth-order valence-corrected chi connectivity index (χ4v) is 3.23. The van der Waals surface area contributed by atoms with E-state index < -0.39 is 5.97 Å². The van der Waals surface area contributed by atoms with Gasteiger partial charge in [0.15, 0.2) is 0 Å². The van der Waals surface area contributed by atoms with Crippen molar-refractivity contribution in [2.75, 3.05) is 18.1 Å². The number of halogens is 1. The molecule has 1 saturated heterocycles. The minimum atomic E-state index is -0.900. The van der Waals surface area contributed by atoms with E-state index in [2.05, 4.69) is 4.98 Å². The Bertz CT molecular complexity index is 498. The Morgan fingerprint density at radius 3 is 3.05 bits per heavy atom. The van der Waals surface area contributed by atoms with Crippen molar-refractivity contribution in [2.45, 2.75) is 12.5 Å². The number of carbonyl (C=O) groups excluding carboxylic acids is 1. The van der Waals surface area contributed by atoms with Crippen molar-refractivity contribution in [2.24, 2.45) is 0 Å². The molecule has 7 heteroatoms. The molecule has 2 heterocycles. The van der Waals surface area contributed by atoms with Crippen LogP contribution in [0.3, 0.4) is 0 Å². The predicted molar refractivity (Wildman–Crippen MR) is 73.6 cm³/mol. The maximum absolute atomic E-state index is 12.4. The maximum Gasteiger partial charge on any atom is 0.305 e. The number of pyridine rings is 1. The summed E-state index contributed by atoms with van der Waals surface area (Å²) < 4.78 is 0. The Morgan fingerprint density at radius 1 is 1.58 bits per heavy atom. The fraction of sp³-hybridized carbons (Fsp3) is 0.417. The molecule has 0 spiro atoms. The van der Waals surface area contributed by atoms with Gasteiger partial charge in [-0.25, -0.2) is 0 Å². The molecule has 1 unspecified atom stereocenters. The lowest BCUT2D eigenvalue weighted by Gasteiger charge is -2.34. The van der Waals surface area contributed by atoms with E-state index in [0.29, 0.717) is 22.9 Å². The van der Waals surface area contributed by atoms with Crippen LogP contribution in [0.2, 0.25) is 5.02 Å². The second-order valence-corrected chi connectivity index (χ2v) is 5.74. The second-order valence-electron chi connectivity index (χ2n) is 4.18. The number of nitrogens with zero attached hydrogens (tertiary/aromatic N) is 2. The van der Waals surface area contributed by atoms with Crippen LogP contribution < -0.4 is 0 Å². The molecular weight excluding hydrogens is 288 g/mol. The zero-order valence-corrected chi connectivity index (χ0v) is 11.7. The molecule has 1 aliphatic rings. The minimum absolute atomic E-state index is 0.0450. The van der Waals surface area contributed by atoms with Crippen LogP contribution in [0.15, 0.2) is 18.5 Å². The lowest BCUT2D eigenvalue weighted by Crippen LogP contribution is -2.47. The molecule has 1 atom stereocenters. The zero-order valence-electron chi connectivity index (χ0n) is 10.1. The molecule has 1 aromatic rings. The first-order chi connectivity index (χ1) is 9.09. The first-order valence-corrected chi connectivity index (χ1v) is 7.33. The standard InChI is InChI=1S/C12H13ClN2O3S/c13-10-1-2-14-6-9(10)12(18)15-3-4-19-7-8(15)5-11(16)17/h1-2,6,8H,3-5,7H2,(H,16,17). The molecule has 0 radical (unpaired) electrons. The third kappa shape index (κ3) is 3.39. The van der Waals surface area contributed by atoms with Crippen LogP contribution in [0.25, 0.3) is 0 Å². The summed E-state index contributed by atoms with van der Waals surface area (Å²) in [6.07, 6.45) is 2.89. The van der Waals surface area contributed by atoms with E-state index in [-0.39, 0.29) is 18.4 Å². The highest BCUT2D eigenvalue weighted by atomic mass is 35.5. The molecule has 0 aromatic carbocycles. The Hall–Kier alpha value is -1.27. The summed E-state index contributed by atoms with van der Waals surface area (Å²) >= 11 is 7.64. The number of hydrogen-bond donors (Lipinski definition) is 1. The normalized spacial score (nSPS) is 19.2. The minimum Gasteiger partial charge on any atom is -0.481 e. The molecular formula is C12H13ClN2O3S. The Balaban J connectivity index is 2.20. The van der Waals surface area contributed by atoms with Crippen LogP contribution >= 0.6 is 23.4 Å². The van der Waals surface area contributed by atoms with Crippen molar-refractivity contribution >= 4 is 35.2 Å². The van der Waals surface area contributed by atoms with Crippen LogP contribution in [0, 0.1) is 0 Å². The Kier molecular flexibility index (Phi) is 4.66. The smallest absolute Gasteiger partial charge is 0.305 e. The monoisotopic (exact) mass is 300 g/mol. The summed E-state index contributed by atoms with van der Waals surface area (Å²) in [5.74, 6) is 0.294. The van der Waals surface area contributed by atoms with Crippen molar-refractivity contribution in [3.8, 4) is 0 Å². The number of aromatic nitrogens is 1. The molecule has 19 heavy (non-hydrogen) atoms. The van der Waals surface area contributed by atoms with Crippen LogP contribution in [-0.2, 0) is 4.79 Å². The van der Waals surface area contributed by atoms with E-state index in [1.165, 1.54) is 12.4 Å². The highest BCUT2D eigenvalue weighted by Crippen LogP contribution is 2.23. The molecule has 1 amide bonds. The number of carboxylic acid groups (broad SMARTS) is 1. The van der Waals surface area contributed by atoms with Gasteiger partial charge in [0.25, 0.3) is 5.91 Å². The Morgan fingerprint density at radius 2 is 2.37 bits per heavy atom. The average molecular weight is 301 g/mol. The van der Waals surface area contributed by atoms with Crippen LogP contribution in [-0.4, -0.2) is 51.0 Å². The van der Waals surface area contributed by atoms with Crippen molar-refractivity contribution < 1.29 is 14.7 Å². The summed E-state index contributed by atoms with van der Waals surface area (Å²) in [5, 5.41) is 9.24. The van der Waals surface area contributed by atoms with Crippen molar-refractivity contribution in [1.29, 1.82) is 0 Å². The van der Waals surface area contributed by atoms with E-state index in [9.17, 15) is 9.59 Å². The van der Waals surface area contributed by atoms with Gasteiger partial charge < -0.3 is 10.0 Å². The lowest BCUT2D eigenvalue weighted by atomic mass is 10.1. The van der Waals surface area contributed by atoms with Gasteiger partial charge in [-0.3, -0.25) is 14.6 Å². The van der Waals surface area contributed by atoms with Crippen molar-refractivity contribution in [3.05, 3.63) is 29.0 Å². The van der Waals surface area contributed by atoms with Gasteiger partial charge >= 0.3 is 5.97 Å². The number of hydrogen-bond acceptors (Lipinski definition) is 4. The highest BCUT2D eigenvalue weighted by molar-refractivity contribution is 7.99. The van der Waals surface area contributed by atoms with Gasteiger partial charge in [0.2, 0.25) is 0 Å². The number of aliphatic carboxylic acids is 1. The summed E-state index contributed by atoms with van der Waals surface area (Å²) in [6.45, 7) is 0.534. The zero-order chi connectivity index (χ0) is 13.8. The van der Waals surface area contributed by atoms with Gasteiger partial charge in [0, 0.05) is 30.4 Å². The van der Waals surface area contributed by atoms with Gasteiger partial charge in [-0.2, -0.15) is 11.8 Å². The number of amides is 1. The lowest BCUT2D eigenvalue weighted by molar-refractivity contribution is -0.138. The molecule has 1 N–H and O–H groups in total. The predicted octanol–water partition coefficient (Wildman–Crippen LogP) is 1.77. The van der Waals surface area contributed by atoms with Gasteiger partial charge in [-0.05, 0) is 6.07 Å². The molecule has 1 aliphatic heterocycles. The van der Waals surface area contributed by atoms with E-state index in [1.54, 1.807) is 22.7 Å². The third-order valence-electron chi connectivity index (χ3n) is 2.90. The second kappa shape index (κ2) is 6.25. The number of carbonyl (C=O) groups is 2. The van der Waals surface area contributed by atoms with Crippen LogP contribution in [0.1, 0.15) is 16.8 Å². The average Bonchev–Trinajstić information content (AvgIpc) is 2.38. The SMILES string of the molecule is O=C(O)CC1CSCCN1C(=O)c1cnccc1Cl. The van der Waals surface area contributed by atoms with Crippen LogP contribution in [0.5, 0.6) is 0 Å².